The molecule has 150 valence electrons. The highest BCUT2D eigenvalue weighted by molar-refractivity contribution is 5.91. The second-order valence-corrected chi connectivity index (χ2v) is 7.01. The monoisotopic (exact) mass is 375 g/mol. The van der Waals surface area contributed by atoms with E-state index in [1.807, 2.05) is 37.3 Å². The van der Waals surface area contributed by atoms with Gasteiger partial charge in [-0.25, -0.2) is 0 Å². The van der Waals surface area contributed by atoms with E-state index in [9.17, 15) is 14.4 Å². The number of primary amides is 1. The Labute approximate surface area is 162 Å². The highest BCUT2D eigenvalue weighted by atomic mass is 16.2. The summed E-state index contributed by atoms with van der Waals surface area (Å²) in [6.07, 6.45) is 5.38. The number of unbranched alkanes of at least 4 members (excludes halogenated alkanes) is 4. The van der Waals surface area contributed by atoms with E-state index in [1.54, 1.807) is 0 Å². The van der Waals surface area contributed by atoms with Crippen molar-refractivity contribution in [2.45, 2.75) is 70.8 Å². The summed E-state index contributed by atoms with van der Waals surface area (Å²) in [5, 5.41) is 5.39. The van der Waals surface area contributed by atoms with Gasteiger partial charge in [0.1, 0.15) is 6.04 Å². The van der Waals surface area contributed by atoms with Crippen molar-refractivity contribution < 1.29 is 14.4 Å². The number of nitrogens with two attached hydrogens (primary N) is 1. The molecule has 0 aliphatic rings. The molecule has 0 bridgehead atoms. The molecule has 4 N–H and O–H groups in total. The van der Waals surface area contributed by atoms with Crippen LogP contribution in [-0.4, -0.2) is 30.3 Å². The van der Waals surface area contributed by atoms with Gasteiger partial charge in [-0.1, -0.05) is 69.9 Å². The third kappa shape index (κ3) is 9.78. The molecule has 3 amide bonds. The van der Waals surface area contributed by atoms with Crippen molar-refractivity contribution in [3.63, 3.8) is 0 Å². The van der Waals surface area contributed by atoms with Crippen molar-refractivity contribution in [2.24, 2.45) is 5.73 Å². The van der Waals surface area contributed by atoms with Crippen LogP contribution in [0.2, 0.25) is 0 Å². The Kier molecular flexibility index (Phi) is 10.8. The fraction of sp³-hybridized carbons (Fsp3) is 0.571. The maximum absolute atomic E-state index is 12.1. The lowest BCUT2D eigenvalue weighted by Gasteiger charge is -2.17. The van der Waals surface area contributed by atoms with E-state index in [0.29, 0.717) is 13.0 Å². The molecule has 0 unspecified atom stereocenters. The average molecular weight is 376 g/mol. The number of rotatable bonds is 13. The van der Waals surface area contributed by atoms with Gasteiger partial charge in [0.25, 0.3) is 0 Å². The van der Waals surface area contributed by atoms with Gasteiger partial charge in [-0.2, -0.15) is 0 Å². The van der Waals surface area contributed by atoms with Crippen LogP contribution in [0.3, 0.4) is 0 Å². The van der Waals surface area contributed by atoms with E-state index in [-0.39, 0.29) is 24.2 Å². The molecule has 2 atom stereocenters. The third-order valence-corrected chi connectivity index (χ3v) is 4.55. The molecule has 0 aliphatic carbocycles. The first kappa shape index (κ1) is 22.7. The van der Waals surface area contributed by atoms with Gasteiger partial charge in [0.15, 0.2) is 0 Å². The van der Waals surface area contributed by atoms with Crippen molar-refractivity contribution in [3.05, 3.63) is 35.9 Å². The van der Waals surface area contributed by atoms with Crippen molar-refractivity contribution in [3.8, 4) is 0 Å². The third-order valence-electron chi connectivity index (χ3n) is 4.55. The first-order valence-corrected chi connectivity index (χ1v) is 9.84. The van der Waals surface area contributed by atoms with E-state index >= 15 is 0 Å². The molecule has 1 aromatic carbocycles. The Morgan fingerprint density at radius 2 is 1.67 bits per heavy atom. The fourth-order valence-corrected chi connectivity index (χ4v) is 2.80. The molecular weight excluding hydrogens is 342 g/mol. The Bertz CT molecular complexity index is 590. The molecule has 0 aromatic heterocycles. The van der Waals surface area contributed by atoms with E-state index in [1.165, 1.54) is 0 Å². The number of hydrogen-bond donors (Lipinski definition) is 3. The molecule has 0 radical (unpaired) electrons. The normalized spacial score (nSPS) is 12.8. The van der Waals surface area contributed by atoms with Crippen LogP contribution < -0.4 is 16.4 Å². The largest absolute Gasteiger partial charge is 0.368 e. The molecular formula is C21H33N3O3. The van der Waals surface area contributed by atoms with Crippen molar-refractivity contribution in [2.75, 3.05) is 6.54 Å². The highest BCUT2D eigenvalue weighted by Gasteiger charge is 2.21. The molecule has 0 aliphatic heterocycles. The maximum atomic E-state index is 12.1. The van der Waals surface area contributed by atoms with Gasteiger partial charge in [0, 0.05) is 13.0 Å². The van der Waals surface area contributed by atoms with Crippen LogP contribution in [0.1, 0.15) is 70.3 Å². The number of hydrogen-bond acceptors (Lipinski definition) is 3. The van der Waals surface area contributed by atoms with Crippen LogP contribution in [0.15, 0.2) is 30.3 Å². The Hall–Kier alpha value is -2.37. The SMILES string of the molecule is CCCCCCCC(=O)N[C@H](CC(=O)NC[C@@H](C)c1ccccc1)C(N)=O. The predicted molar refractivity (Wildman–Crippen MR) is 107 cm³/mol. The van der Waals surface area contributed by atoms with Crippen LogP contribution in [-0.2, 0) is 14.4 Å². The summed E-state index contributed by atoms with van der Waals surface area (Å²) in [6, 6.07) is 8.88. The Morgan fingerprint density at radius 3 is 2.30 bits per heavy atom. The minimum atomic E-state index is -0.972. The fourth-order valence-electron chi connectivity index (χ4n) is 2.80. The van der Waals surface area contributed by atoms with Crippen molar-refractivity contribution in [1.82, 2.24) is 10.6 Å². The number of carbonyl (C=O) groups is 3. The lowest BCUT2D eigenvalue weighted by molar-refractivity contribution is -0.130. The minimum Gasteiger partial charge on any atom is -0.368 e. The van der Waals surface area contributed by atoms with Gasteiger partial charge in [0.05, 0.1) is 6.42 Å². The van der Waals surface area contributed by atoms with E-state index < -0.39 is 11.9 Å². The van der Waals surface area contributed by atoms with Gasteiger partial charge < -0.3 is 16.4 Å². The van der Waals surface area contributed by atoms with Gasteiger partial charge in [0.2, 0.25) is 17.7 Å². The summed E-state index contributed by atoms with van der Waals surface area (Å²) in [4.78, 5) is 35.7. The van der Waals surface area contributed by atoms with Crippen LogP contribution in [0, 0.1) is 0 Å². The van der Waals surface area contributed by atoms with Crippen LogP contribution in [0.4, 0.5) is 0 Å². The molecule has 0 heterocycles. The Morgan fingerprint density at radius 1 is 1.00 bits per heavy atom. The number of carbonyl (C=O) groups excluding carboxylic acids is 3. The molecule has 1 aromatic rings. The highest BCUT2D eigenvalue weighted by Crippen LogP contribution is 2.13. The smallest absolute Gasteiger partial charge is 0.240 e. The molecule has 1 rings (SSSR count). The second kappa shape index (κ2) is 12.9. The van der Waals surface area contributed by atoms with E-state index in [0.717, 1.165) is 37.7 Å². The zero-order valence-corrected chi connectivity index (χ0v) is 16.5. The molecule has 0 fully saturated rings. The molecule has 6 nitrogen and oxygen atoms in total. The summed E-state index contributed by atoms with van der Waals surface area (Å²) in [5.74, 6) is -1.08. The lowest BCUT2D eigenvalue weighted by atomic mass is 10.0. The summed E-state index contributed by atoms with van der Waals surface area (Å²) < 4.78 is 0. The van der Waals surface area contributed by atoms with Gasteiger partial charge in [-0.15, -0.1) is 0 Å². The van der Waals surface area contributed by atoms with E-state index in [4.69, 9.17) is 5.73 Å². The second-order valence-electron chi connectivity index (χ2n) is 7.01. The standard InChI is InChI=1S/C21H33N3O3/c1-3-4-5-6-10-13-19(25)24-18(21(22)27)14-20(26)23-15-16(2)17-11-8-7-9-12-17/h7-9,11-12,16,18H,3-6,10,13-15H2,1-2H3,(H2,22,27)(H,23,26)(H,24,25)/t16-,18-/m1/s1. The van der Waals surface area contributed by atoms with Gasteiger partial charge >= 0.3 is 0 Å². The van der Waals surface area contributed by atoms with Crippen molar-refractivity contribution >= 4 is 17.7 Å². The topological polar surface area (TPSA) is 101 Å². The summed E-state index contributed by atoms with van der Waals surface area (Å²) in [6.45, 7) is 4.61. The molecule has 0 saturated carbocycles. The molecule has 0 saturated heterocycles. The molecule has 0 spiro atoms. The Balaban J connectivity index is 2.36. The average Bonchev–Trinajstić information content (AvgIpc) is 2.66. The quantitative estimate of drug-likeness (QED) is 0.462. The molecule has 27 heavy (non-hydrogen) atoms. The minimum absolute atomic E-state index is 0.140. The van der Waals surface area contributed by atoms with Gasteiger partial charge in [-0.3, -0.25) is 14.4 Å². The number of amides is 3. The van der Waals surface area contributed by atoms with Gasteiger partial charge in [-0.05, 0) is 17.9 Å². The van der Waals surface area contributed by atoms with Crippen LogP contribution in [0.25, 0.3) is 0 Å². The van der Waals surface area contributed by atoms with E-state index in [2.05, 4.69) is 17.6 Å². The lowest BCUT2D eigenvalue weighted by Crippen LogP contribution is -2.47. The zero-order chi connectivity index (χ0) is 20.1. The van der Waals surface area contributed by atoms with Crippen LogP contribution in [0.5, 0.6) is 0 Å². The molecule has 6 heteroatoms. The van der Waals surface area contributed by atoms with Crippen LogP contribution >= 0.6 is 0 Å². The summed E-state index contributed by atoms with van der Waals surface area (Å²) >= 11 is 0. The first-order chi connectivity index (χ1) is 12.9. The summed E-state index contributed by atoms with van der Waals surface area (Å²) in [7, 11) is 0. The first-order valence-electron chi connectivity index (χ1n) is 9.84. The van der Waals surface area contributed by atoms with Crippen molar-refractivity contribution in [1.29, 1.82) is 0 Å². The number of benzene rings is 1. The zero-order valence-electron chi connectivity index (χ0n) is 16.5. The number of nitrogens with one attached hydrogen (secondary N) is 2. The maximum Gasteiger partial charge on any atom is 0.240 e. The summed E-state index contributed by atoms with van der Waals surface area (Å²) in [5.41, 5.74) is 6.47. The predicted octanol–water partition coefficient (Wildman–Crippen LogP) is 2.63.